The molecule has 0 aliphatic rings. The van der Waals surface area contributed by atoms with E-state index in [0.29, 0.717) is 34.1 Å². The summed E-state index contributed by atoms with van der Waals surface area (Å²) in [5.74, 6) is 0.108. The summed E-state index contributed by atoms with van der Waals surface area (Å²) in [6.07, 6.45) is 3.13. The normalized spacial score (nSPS) is 10.1. The van der Waals surface area contributed by atoms with E-state index in [4.69, 9.17) is 21.6 Å². The van der Waals surface area contributed by atoms with E-state index in [9.17, 15) is 4.39 Å². The van der Waals surface area contributed by atoms with Crippen molar-refractivity contribution in [3.8, 4) is 17.6 Å². The van der Waals surface area contributed by atoms with Crippen LogP contribution < -0.4 is 10.1 Å². The standard InChI is InChI=1S/C19H13ClFN3O/c20-16-4-1-5-18(15(16)10-22)24-11-13-6-7-19(17(21)9-13)25-14-3-2-8-23-12-14/h1-9,12,24H,11H2. The Bertz CT molecular complexity index is 926. The minimum atomic E-state index is -0.477. The zero-order chi connectivity index (χ0) is 17.6. The number of hydrogen-bond acceptors (Lipinski definition) is 4. The van der Waals surface area contributed by atoms with Gasteiger partial charge in [0.15, 0.2) is 11.6 Å². The number of benzene rings is 2. The Morgan fingerprint density at radius 3 is 2.80 bits per heavy atom. The van der Waals surface area contributed by atoms with Crippen LogP contribution in [0.15, 0.2) is 60.9 Å². The van der Waals surface area contributed by atoms with E-state index >= 15 is 0 Å². The number of aromatic nitrogens is 1. The lowest BCUT2D eigenvalue weighted by molar-refractivity contribution is 0.440. The smallest absolute Gasteiger partial charge is 0.166 e. The van der Waals surface area contributed by atoms with Gasteiger partial charge in [-0.05, 0) is 42.0 Å². The highest BCUT2D eigenvalue weighted by Crippen LogP contribution is 2.26. The van der Waals surface area contributed by atoms with Crippen molar-refractivity contribution in [2.45, 2.75) is 6.54 Å². The Morgan fingerprint density at radius 2 is 2.08 bits per heavy atom. The molecule has 0 bridgehead atoms. The molecular formula is C19H13ClFN3O. The molecule has 0 radical (unpaired) electrons. The third-order valence-corrected chi connectivity index (χ3v) is 3.78. The summed E-state index contributed by atoms with van der Waals surface area (Å²) >= 11 is 5.99. The molecule has 1 N–H and O–H groups in total. The first kappa shape index (κ1) is 16.7. The van der Waals surface area contributed by atoms with E-state index in [1.165, 1.54) is 12.3 Å². The number of halogens is 2. The number of hydrogen-bond donors (Lipinski definition) is 1. The largest absolute Gasteiger partial charge is 0.453 e. The second kappa shape index (κ2) is 7.65. The summed E-state index contributed by atoms with van der Waals surface area (Å²) in [6, 6.07) is 15.3. The number of pyridine rings is 1. The summed E-state index contributed by atoms with van der Waals surface area (Å²) in [5, 5.41) is 12.6. The van der Waals surface area contributed by atoms with Crippen molar-refractivity contribution in [3.05, 3.63) is 82.9 Å². The number of rotatable bonds is 5. The summed E-state index contributed by atoms with van der Waals surface area (Å²) in [6.45, 7) is 0.346. The highest BCUT2D eigenvalue weighted by molar-refractivity contribution is 6.32. The maximum absolute atomic E-state index is 14.2. The number of nitrogens with one attached hydrogen (secondary N) is 1. The molecule has 0 saturated carbocycles. The second-order valence-corrected chi connectivity index (χ2v) is 5.59. The molecule has 4 nitrogen and oxygen atoms in total. The number of nitrogens with zero attached hydrogens (tertiary/aromatic N) is 2. The fourth-order valence-electron chi connectivity index (χ4n) is 2.25. The fraction of sp³-hybridized carbons (Fsp3) is 0.0526. The molecule has 1 heterocycles. The number of anilines is 1. The molecule has 6 heteroatoms. The molecule has 0 spiro atoms. The predicted octanol–water partition coefficient (Wildman–Crippen LogP) is 5.15. The molecule has 0 fully saturated rings. The van der Waals surface area contributed by atoms with Crippen LogP contribution in [-0.2, 0) is 6.54 Å². The van der Waals surface area contributed by atoms with Crippen LogP contribution in [0.1, 0.15) is 11.1 Å². The van der Waals surface area contributed by atoms with Crippen LogP contribution in [0.3, 0.4) is 0 Å². The van der Waals surface area contributed by atoms with E-state index in [2.05, 4.69) is 16.4 Å². The SMILES string of the molecule is N#Cc1c(Cl)cccc1NCc1ccc(Oc2cccnc2)c(F)c1. The highest BCUT2D eigenvalue weighted by Gasteiger charge is 2.09. The van der Waals surface area contributed by atoms with Gasteiger partial charge in [0.1, 0.15) is 11.8 Å². The van der Waals surface area contributed by atoms with Gasteiger partial charge in [-0.25, -0.2) is 4.39 Å². The van der Waals surface area contributed by atoms with Crippen LogP contribution in [0.5, 0.6) is 11.5 Å². The molecule has 3 aromatic rings. The van der Waals surface area contributed by atoms with Crippen molar-refractivity contribution in [1.82, 2.24) is 4.98 Å². The van der Waals surface area contributed by atoms with Crippen molar-refractivity contribution in [2.75, 3.05) is 5.32 Å². The van der Waals surface area contributed by atoms with E-state index in [0.717, 1.165) is 0 Å². The van der Waals surface area contributed by atoms with Crippen LogP contribution in [0.4, 0.5) is 10.1 Å². The van der Waals surface area contributed by atoms with E-state index < -0.39 is 5.82 Å². The van der Waals surface area contributed by atoms with E-state index in [-0.39, 0.29) is 5.75 Å². The Morgan fingerprint density at radius 1 is 1.20 bits per heavy atom. The molecule has 0 unspecified atom stereocenters. The third kappa shape index (κ3) is 4.06. The van der Waals surface area contributed by atoms with Gasteiger partial charge >= 0.3 is 0 Å². The van der Waals surface area contributed by atoms with Crippen LogP contribution in [0.25, 0.3) is 0 Å². The highest BCUT2D eigenvalue weighted by atomic mass is 35.5. The van der Waals surface area contributed by atoms with Crippen molar-refractivity contribution in [3.63, 3.8) is 0 Å². The zero-order valence-corrected chi connectivity index (χ0v) is 13.8. The molecule has 25 heavy (non-hydrogen) atoms. The van der Waals surface area contributed by atoms with Gasteiger partial charge in [-0.1, -0.05) is 23.7 Å². The van der Waals surface area contributed by atoms with Crippen LogP contribution in [0.2, 0.25) is 5.02 Å². The predicted molar refractivity (Wildman–Crippen MR) is 94.2 cm³/mol. The lowest BCUT2D eigenvalue weighted by atomic mass is 10.1. The average molecular weight is 354 g/mol. The molecule has 0 aliphatic heterocycles. The van der Waals surface area contributed by atoms with Gasteiger partial charge in [0.25, 0.3) is 0 Å². The molecule has 0 amide bonds. The molecule has 0 aliphatic carbocycles. The Kier molecular flexibility index (Phi) is 5.12. The quantitative estimate of drug-likeness (QED) is 0.689. The van der Waals surface area contributed by atoms with Crippen molar-refractivity contribution < 1.29 is 9.13 Å². The topological polar surface area (TPSA) is 57.9 Å². The van der Waals surface area contributed by atoms with Crippen LogP contribution >= 0.6 is 11.6 Å². The van der Waals surface area contributed by atoms with Crippen molar-refractivity contribution >= 4 is 17.3 Å². The van der Waals surface area contributed by atoms with Gasteiger partial charge in [-0.2, -0.15) is 5.26 Å². The Labute approximate surface area is 149 Å². The summed E-state index contributed by atoms with van der Waals surface area (Å²) in [4.78, 5) is 3.92. The summed E-state index contributed by atoms with van der Waals surface area (Å²) < 4.78 is 19.7. The van der Waals surface area contributed by atoms with Gasteiger partial charge in [0.2, 0.25) is 0 Å². The fourth-order valence-corrected chi connectivity index (χ4v) is 2.47. The first-order chi connectivity index (χ1) is 12.2. The van der Waals surface area contributed by atoms with E-state index in [1.807, 2.05) is 0 Å². The third-order valence-electron chi connectivity index (χ3n) is 3.47. The second-order valence-electron chi connectivity index (χ2n) is 5.18. The minimum Gasteiger partial charge on any atom is -0.453 e. The van der Waals surface area contributed by atoms with Gasteiger partial charge in [0, 0.05) is 12.7 Å². The van der Waals surface area contributed by atoms with Crippen molar-refractivity contribution in [1.29, 1.82) is 5.26 Å². The maximum atomic E-state index is 14.2. The monoisotopic (exact) mass is 353 g/mol. The van der Waals surface area contributed by atoms with Gasteiger partial charge in [-0.15, -0.1) is 0 Å². The molecule has 1 aromatic heterocycles. The number of nitriles is 1. The first-order valence-electron chi connectivity index (χ1n) is 7.46. The van der Waals surface area contributed by atoms with Gasteiger partial charge < -0.3 is 10.1 Å². The first-order valence-corrected chi connectivity index (χ1v) is 7.84. The lowest BCUT2D eigenvalue weighted by Crippen LogP contribution is -2.02. The Hall–Kier alpha value is -3.10. The zero-order valence-electron chi connectivity index (χ0n) is 13.0. The molecule has 3 rings (SSSR count). The summed E-state index contributed by atoms with van der Waals surface area (Å²) in [5.41, 5.74) is 1.67. The minimum absolute atomic E-state index is 0.122. The number of ether oxygens (including phenoxy) is 1. The van der Waals surface area contributed by atoms with E-state index in [1.54, 1.807) is 48.7 Å². The van der Waals surface area contributed by atoms with Gasteiger partial charge in [0.05, 0.1) is 22.5 Å². The van der Waals surface area contributed by atoms with Crippen LogP contribution in [-0.4, -0.2) is 4.98 Å². The Balaban J connectivity index is 1.72. The molecule has 0 atom stereocenters. The van der Waals surface area contributed by atoms with Crippen molar-refractivity contribution in [2.24, 2.45) is 0 Å². The van der Waals surface area contributed by atoms with Crippen LogP contribution in [0, 0.1) is 17.1 Å². The summed E-state index contributed by atoms with van der Waals surface area (Å²) in [7, 11) is 0. The average Bonchev–Trinajstić information content (AvgIpc) is 2.63. The molecule has 0 saturated heterocycles. The molecule has 124 valence electrons. The maximum Gasteiger partial charge on any atom is 0.166 e. The molecular weight excluding hydrogens is 341 g/mol. The lowest BCUT2D eigenvalue weighted by Gasteiger charge is -2.11. The molecule has 2 aromatic carbocycles. The van der Waals surface area contributed by atoms with Gasteiger partial charge in [-0.3, -0.25) is 4.98 Å².